The summed E-state index contributed by atoms with van der Waals surface area (Å²) in [5.41, 5.74) is 2.92. The van der Waals surface area contributed by atoms with Crippen molar-refractivity contribution in [1.82, 2.24) is 0 Å². The first kappa shape index (κ1) is 11.8. The van der Waals surface area contributed by atoms with E-state index in [2.05, 4.69) is 0 Å². The van der Waals surface area contributed by atoms with Gasteiger partial charge in [-0.15, -0.1) is 0 Å². The molecule has 19 heavy (non-hydrogen) atoms. The fourth-order valence-electron chi connectivity index (χ4n) is 1.97. The summed E-state index contributed by atoms with van der Waals surface area (Å²) in [5.74, 6) is 1.62. The third-order valence-corrected chi connectivity index (χ3v) is 3.01. The van der Waals surface area contributed by atoms with E-state index in [1.807, 2.05) is 48.5 Å². The first-order valence-electron chi connectivity index (χ1n) is 6.62. The second kappa shape index (κ2) is 6.10. The van der Waals surface area contributed by atoms with E-state index < -0.39 is 0 Å². The lowest BCUT2D eigenvalue weighted by atomic mass is 9.98. The molecule has 0 bridgehead atoms. The molecule has 0 fully saturated rings. The van der Waals surface area contributed by atoms with E-state index in [1.165, 1.54) is 0 Å². The second-order valence-corrected chi connectivity index (χ2v) is 4.08. The fraction of sp³-hybridized carbons (Fsp3) is 0.176. The van der Waals surface area contributed by atoms with Crippen molar-refractivity contribution in [3.8, 4) is 11.5 Å². The minimum atomic E-state index is 0.528. The van der Waals surface area contributed by atoms with E-state index in [0.717, 1.165) is 28.2 Å². The van der Waals surface area contributed by atoms with Crippen LogP contribution in [0, 0.1) is 0 Å². The van der Waals surface area contributed by atoms with E-state index in [9.17, 15) is 0 Å². The van der Waals surface area contributed by atoms with Gasteiger partial charge in [-0.1, -0.05) is 30.3 Å². The summed E-state index contributed by atoms with van der Waals surface area (Å²) < 4.78 is 18.4. The highest BCUT2D eigenvalue weighted by Crippen LogP contribution is 2.26. The van der Waals surface area contributed by atoms with E-state index in [1.54, 1.807) is 21.1 Å². The highest BCUT2D eigenvalue weighted by molar-refractivity contribution is 5.79. The molecule has 0 aliphatic rings. The Morgan fingerprint density at radius 2 is 1.21 bits per heavy atom. The maximum atomic E-state index is 8.02. The number of allylic oxidation sites excluding steroid dienone is 1. The molecule has 2 aromatic rings. The lowest BCUT2D eigenvalue weighted by Crippen LogP contribution is -1.89. The van der Waals surface area contributed by atoms with Gasteiger partial charge in [0.2, 0.25) is 0 Å². The van der Waals surface area contributed by atoms with Crippen molar-refractivity contribution in [2.45, 2.75) is 6.92 Å². The van der Waals surface area contributed by atoms with Crippen LogP contribution < -0.4 is 9.47 Å². The van der Waals surface area contributed by atoms with Gasteiger partial charge in [0.1, 0.15) is 11.5 Å². The van der Waals surface area contributed by atoms with E-state index in [4.69, 9.17) is 10.8 Å². The largest absolute Gasteiger partial charge is 0.497 e. The molecule has 0 atom stereocenters. The predicted octanol–water partition coefficient (Wildman–Crippen LogP) is 4.16. The molecule has 0 heterocycles. The molecule has 0 aliphatic heterocycles. The number of hydrogen-bond donors (Lipinski definition) is 0. The molecule has 0 saturated heterocycles. The van der Waals surface area contributed by atoms with Crippen LogP contribution in [-0.4, -0.2) is 14.2 Å². The molecule has 2 rings (SSSR count). The topological polar surface area (TPSA) is 18.5 Å². The Kier molecular flexibility index (Phi) is 3.80. The number of hydrogen-bond acceptors (Lipinski definition) is 2. The van der Waals surface area contributed by atoms with Crippen molar-refractivity contribution in [3.05, 3.63) is 65.7 Å². The van der Waals surface area contributed by atoms with Crippen LogP contribution in [-0.2, 0) is 0 Å². The van der Waals surface area contributed by atoms with Gasteiger partial charge in [0.15, 0.2) is 0 Å². The van der Waals surface area contributed by atoms with Gasteiger partial charge in [-0.05, 0) is 47.9 Å². The number of benzene rings is 2. The molecular weight excluding hydrogens is 236 g/mol. The highest BCUT2D eigenvalue weighted by atomic mass is 16.5. The van der Waals surface area contributed by atoms with E-state index in [0.29, 0.717) is 6.05 Å². The van der Waals surface area contributed by atoms with Crippen molar-refractivity contribution in [1.29, 1.82) is 0 Å². The maximum absolute atomic E-state index is 8.02. The summed E-state index contributed by atoms with van der Waals surface area (Å²) in [7, 11) is 3.29. The van der Waals surface area contributed by atoms with Crippen LogP contribution in [0.4, 0.5) is 0 Å². The predicted molar refractivity (Wildman–Crippen MR) is 78.7 cm³/mol. The first-order valence-corrected chi connectivity index (χ1v) is 6.12. The van der Waals surface area contributed by atoms with Crippen LogP contribution in [0.5, 0.6) is 11.5 Å². The second-order valence-electron chi connectivity index (χ2n) is 4.08. The van der Waals surface area contributed by atoms with Crippen LogP contribution >= 0.6 is 0 Å². The Labute approximate surface area is 115 Å². The summed E-state index contributed by atoms with van der Waals surface area (Å²) in [4.78, 5) is 0. The average molecular weight is 255 g/mol. The Morgan fingerprint density at radius 3 is 1.47 bits per heavy atom. The number of methoxy groups -OCH3 is 2. The minimum absolute atomic E-state index is 0.528. The zero-order valence-electron chi connectivity index (χ0n) is 12.4. The normalized spacial score (nSPS) is 10.6. The quantitative estimate of drug-likeness (QED) is 0.817. The lowest BCUT2D eigenvalue weighted by molar-refractivity contribution is 0.414. The Balaban J connectivity index is 2.42. The zero-order chi connectivity index (χ0) is 14.5. The van der Waals surface area contributed by atoms with Gasteiger partial charge in [0, 0.05) is 0 Å². The molecule has 2 heteroatoms. The Morgan fingerprint density at radius 1 is 0.842 bits per heavy atom. The van der Waals surface area contributed by atoms with Crippen molar-refractivity contribution in [2.24, 2.45) is 0 Å². The Bertz CT molecular complexity index is 544. The van der Waals surface area contributed by atoms with E-state index in [-0.39, 0.29) is 0 Å². The third-order valence-electron chi connectivity index (χ3n) is 3.01. The number of ether oxygens (including phenoxy) is 2. The lowest BCUT2D eigenvalue weighted by Gasteiger charge is -2.09. The van der Waals surface area contributed by atoms with Gasteiger partial charge in [0.25, 0.3) is 0 Å². The zero-order valence-corrected chi connectivity index (χ0v) is 11.4. The van der Waals surface area contributed by atoms with Crippen LogP contribution in [0.15, 0.2) is 54.6 Å². The highest BCUT2D eigenvalue weighted by Gasteiger charge is 2.04. The molecule has 0 aromatic heterocycles. The van der Waals surface area contributed by atoms with Crippen LogP contribution in [0.25, 0.3) is 5.57 Å². The van der Waals surface area contributed by atoms with Crippen molar-refractivity contribution in [2.75, 3.05) is 14.2 Å². The number of rotatable bonds is 4. The molecule has 0 aliphatic carbocycles. The molecule has 0 spiro atoms. The molecule has 0 unspecified atom stereocenters. The van der Waals surface area contributed by atoms with Gasteiger partial charge in [0.05, 0.1) is 15.6 Å². The standard InChI is InChI=1S/C17H18O2/c1-4-17(13-5-9-15(18-2)10-6-13)14-7-11-16(19-3)12-8-14/h4-12H,1-3H3/i4D. The summed E-state index contributed by atoms with van der Waals surface area (Å²) >= 11 is 0. The Hall–Kier alpha value is -2.22. The van der Waals surface area contributed by atoms with Crippen molar-refractivity contribution < 1.29 is 10.8 Å². The molecule has 2 nitrogen and oxygen atoms in total. The summed E-state index contributed by atoms with van der Waals surface area (Å²) in [6, 6.07) is 16.0. The van der Waals surface area contributed by atoms with E-state index >= 15 is 0 Å². The molecule has 98 valence electrons. The maximum Gasteiger partial charge on any atom is 0.118 e. The van der Waals surface area contributed by atoms with Crippen LogP contribution in [0.3, 0.4) is 0 Å². The minimum Gasteiger partial charge on any atom is -0.497 e. The third kappa shape index (κ3) is 2.97. The average Bonchev–Trinajstić information content (AvgIpc) is 2.48. The van der Waals surface area contributed by atoms with Gasteiger partial charge in [-0.25, -0.2) is 0 Å². The molecule has 0 radical (unpaired) electrons. The van der Waals surface area contributed by atoms with Crippen LogP contribution in [0.1, 0.15) is 19.4 Å². The summed E-state index contributed by atoms with van der Waals surface area (Å²) in [5, 5.41) is 0. The molecule has 0 N–H and O–H groups in total. The summed E-state index contributed by atoms with van der Waals surface area (Å²) in [6.07, 6.45) is 0. The molecule has 0 saturated carbocycles. The van der Waals surface area contributed by atoms with Gasteiger partial charge in [-0.2, -0.15) is 0 Å². The molecule has 0 amide bonds. The summed E-state index contributed by atoms with van der Waals surface area (Å²) in [6.45, 7) is 1.80. The van der Waals surface area contributed by atoms with Crippen molar-refractivity contribution in [3.63, 3.8) is 0 Å². The smallest absolute Gasteiger partial charge is 0.118 e. The van der Waals surface area contributed by atoms with Gasteiger partial charge >= 0.3 is 0 Å². The van der Waals surface area contributed by atoms with Gasteiger partial charge < -0.3 is 9.47 Å². The van der Waals surface area contributed by atoms with Crippen LogP contribution in [0.2, 0.25) is 0 Å². The monoisotopic (exact) mass is 255 g/mol. The molecule has 2 aromatic carbocycles. The molecular formula is C17H18O2. The van der Waals surface area contributed by atoms with Gasteiger partial charge in [-0.3, -0.25) is 0 Å². The first-order chi connectivity index (χ1) is 9.65. The SMILES string of the molecule is [2H]C(C)=C(c1ccc(OC)cc1)c1ccc(OC)cc1. The fourth-order valence-corrected chi connectivity index (χ4v) is 1.97. The van der Waals surface area contributed by atoms with Crippen molar-refractivity contribution >= 4 is 5.57 Å².